The number of hydrogen-bond acceptors (Lipinski definition) is 2. The third-order valence-corrected chi connectivity index (χ3v) is 5.18. The van der Waals surface area contributed by atoms with Crippen LogP contribution in [0.3, 0.4) is 0 Å². The summed E-state index contributed by atoms with van der Waals surface area (Å²) in [6, 6.07) is 13.3. The van der Waals surface area contributed by atoms with Gasteiger partial charge in [0.1, 0.15) is 0 Å². The van der Waals surface area contributed by atoms with Gasteiger partial charge in [0.15, 0.2) is 0 Å². The molecular weight excluding hydrogens is 342 g/mol. The Morgan fingerprint density at radius 3 is 2.57 bits per heavy atom. The molecule has 3 heteroatoms. The predicted octanol–water partition coefficient (Wildman–Crippen LogP) is 5.39. The molecular formula is C18H24BrNS. The SMILES string of the molecule is Cc1cccc(C(CNCC(C)C)Cc2ccc(Br)s2)c1. The fourth-order valence-corrected chi connectivity index (χ4v) is 4.05. The van der Waals surface area contributed by atoms with Crippen LogP contribution in [0.2, 0.25) is 0 Å². The van der Waals surface area contributed by atoms with Crippen LogP contribution >= 0.6 is 27.3 Å². The zero-order chi connectivity index (χ0) is 15.2. The normalized spacial score (nSPS) is 12.8. The second-order valence-corrected chi connectivity index (χ2v) is 8.62. The van der Waals surface area contributed by atoms with Gasteiger partial charge in [0.2, 0.25) is 0 Å². The van der Waals surface area contributed by atoms with E-state index in [0.29, 0.717) is 11.8 Å². The van der Waals surface area contributed by atoms with Gasteiger partial charge < -0.3 is 5.32 Å². The summed E-state index contributed by atoms with van der Waals surface area (Å²) in [6.45, 7) is 8.80. The Kier molecular flexibility index (Phi) is 6.46. The second-order valence-electron chi connectivity index (χ2n) is 6.07. The lowest BCUT2D eigenvalue weighted by Gasteiger charge is -2.19. The highest BCUT2D eigenvalue weighted by Crippen LogP contribution is 2.28. The van der Waals surface area contributed by atoms with Crippen molar-refractivity contribution in [3.05, 3.63) is 56.2 Å². The molecule has 2 aromatic rings. The minimum absolute atomic E-state index is 0.536. The van der Waals surface area contributed by atoms with E-state index >= 15 is 0 Å². The molecule has 0 saturated heterocycles. The van der Waals surface area contributed by atoms with Gasteiger partial charge in [0.05, 0.1) is 3.79 Å². The van der Waals surface area contributed by atoms with Crippen LogP contribution in [0.4, 0.5) is 0 Å². The Morgan fingerprint density at radius 1 is 1.14 bits per heavy atom. The molecule has 1 heterocycles. The van der Waals surface area contributed by atoms with Crippen molar-refractivity contribution in [3.8, 4) is 0 Å². The van der Waals surface area contributed by atoms with Crippen molar-refractivity contribution in [1.82, 2.24) is 5.32 Å². The molecule has 0 spiro atoms. The van der Waals surface area contributed by atoms with Gasteiger partial charge in [-0.05, 0) is 59.4 Å². The van der Waals surface area contributed by atoms with Crippen LogP contribution in [0.5, 0.6) is 0 Å². The fraction of sp³-hybridized carbons (Fsp3) is 0.444. The van der Waals surface area contributed by atoms with Gasteiger partial charge in [-0.1, -0.05) is 43.7 Å². The summed E-state index contributed by atoms with van der Waals surface area (Å²) < 4.78 is 1.22. The molecule has 0 aliphatic rings. The fourth-order valence-electron chi connectivity index (χ4n) is 2.48. The van der Waals surface area contributed by atoms with Crippen molar-refractivity contribution in [2.45, 2.75) is 33.1 Å². The van der Waals surface area contributed by atoms with E-state index in [9.17, 15) is 0 Å². The quantitative estimate of drug-likeness (QED) is 0.693. The molecule has 1 aromatic carbocycles. The Morgan fingerprint density at radius 2 is 1.95 bits per heavy atom. The van der Waals surface area contributed by atoms with E-state index in [1.54, 1.807) is 0 Å². The average molecular weight is 366 g/mol. The van der Waals surface area contributed by atoms with Gasteiger partial charge in [-0.15, -0.1) is 11.3 Å². The molecule has 1 unspecified atom stereocenters. The maximum absolute atomic E-state index is 3.62. The lowest BCUT2D eigenvalue weighted by atomic mass is 9.93. The minimum atomic E-state index is 0.536. The molecule has 0 fully saturated rings. The van der Waals surface area contributed by atoms with E-state index in [1.807, 2.05) is 11.3 Å². The monoisotopic (exact) mass is 365 g/mol. The number of hydrogen-bond donors (Lipinski definition) is 1. The summed E-state index contributed by atoms with van der Waals surface area (Å²) in [4.78, 5) is 1.44. The topological polar surface area (TPSA) is 12.0 Å². The highest BCUT2D eigenvalue weighted by Gasteiger charge is 2.14. The van der Waals surface area contributed by atoms with E-state index in [0.717, 1.165) is 19.5 Å². The molecule has 0 amide bonds. The van der Waals surface area contributed by atoms with Crippen molar-refractivity contribution in [2.24, 2.45) is 5.92 Å². The van der Waals surface area contributed by atoms with Crippen LogP contribution in [-0.4, -0.2) is 13.1 Å². The molecule has 2 rings (SSSR count). The molecule has 0 aliphatic heterocycles. The van der Waals surface area contributed by atoms with Crippen LogP contribution in [0, 0.1) is 12.8 Å². The van der Waals surface area contributed by atoms with Crippen LogP contribution in [0.1, 0.15) is 35.8 Å². The molecule has 21 heavy (non-hydrogen) atoms. The lowest BCUT2D eigenvalue weighted by Crippen LogP contribution is -2.26. The van der Waals surface area contributed by atoms with E-state index < -0.39 is 0 Å². The van der Waals surface area contributed by atoms with Gasteiger partial charge in [-0.2, -0.15) is 0 Å². The molecule has 1 atom stereocenters. The van der Waals surface area contributed by atoms with E-state index in [2.05, 4.69) is 78.4 Å². The van der Waals surface area contributed by atoms with E-state index in [-0.39, 0.29) is 0 Å². The predicted molar refractivity (Wildman–Crippen MR) is 97.4 cm³/mol. The standard InChI is InChI=1S/C18H24BrNS/c1-13(2)11-20-12-16(10-17-7-8-18(19)21-17)15-6-4-5-14(3)9-15/h4-9,13,16,20H,10-12H2,1-3H3. The van der Waals surface area contributed by atoms with Gasteiger partial charge in [-0.3, -0.25) is 0 Å². The van der Waals surface area contributed by atoms with Gasteiger partial charge in [0, 0.05) is 17.3 Å². The maximum atomic E-state index is 3.62. The van der Waals surface area contributed by atoms with E-state index in [4.69, 9.17) is 0 Å². The van der Waals surface area contributed by atoms with Crippen LogP contribution in [0.25, 0.3) is 0 Å². The number of aryl methyl sites for hydroxylation is 1. The summed E-state index contributed by atoms with van der Waals surface area (Å²) in [5, 5.41) is 3.62. The first-order valence-corrected chi connectivity index (χ1v) is 9.17. The number of thiophene rings is 1. The van der Waals surface area contributed by atoms with E-state index in [1.165, 1.54) is 19.8 Å². The maximum Gasteiger partial charge on any atom is 0.0701 e. The van der Waals surface area contributed by atoms with Crippen molar-refractivity contribution in [2.75, 3.05) is 13.1 Å². The molecule has 0 saturated carbocycles. The number of rotatable bonds is 7. The summed E-state index contributed by atoms with van der Waals surface area (Å²) in [7, 11) is 0. The first kappa shape index (κ1) is 16.7. The summed E-state index contributed by atoms with van der Waals surface area (Å²) in [6.07, 6.45) is 1.10. The lowest BCUT2D eigenvalue weighted by molar-refractivity contribution is 0.515. The smallest absolute Gasteiger partial charge is 0.0701 e. The zero-order valence-electron chi connectivity index (χ0n) is 13.0. The zero-order valence-corrected chi connectivity index (χ0v) is 15.4. The van der Waals surface area contributed by atoms with Crippen LogP contribution in [-0.2, 0) is 6.42 Å². The van der Waals surface area contributed by atoms with Crippen molar-refractivity contribution in [3.63, 3.8) is 0 Å². The highest BCUT2D eigenvalue weighted by atomic mass is 79.9. The molecule has 1 aromatic heterocycles. The number of benzene rings is 1. The average Bonchev–Trinajstić information content (AvgIpc) is 2.83. The largest absolute Gasteiger partial charge is 0.316 e. The highest BCUT2D eigenvalue weighted by molar-refractivity contribution is 9.11. The van der Waals surface area contributed by atoms with Gasteiger partial charge in [0.25, 0.3) is 0 Å². The summed E-state index contributed by atoms with van der Waals surface area (Å²) in [5.41, 5.74) is 2.78. The first-order valence-electron chi connectivity index (χ1n) is 7.56. The molecule has 1 nitrogen and oxygen atoms in total. The van der Waals surface area contributed by atoms with Crippen LogP contribution < -0.4 is 5.32 Å². The number of nitrogens with one attached hydrogen (secondary N) is 1. The Bertz CT molecular complexity index is 562. The molecule has 0 aliphatic carbocycles. The Balaban J connectivity index is 2.09. The number of halogens is 1. The molecule has 0 radical (unpaired) electrons. The third-order valence-electron chi connectivity index (χ3n) is 3.53. The van der Waals surface area contributed by atoms with Crippen molar-refractivity contribution < 1.29 is 0 Å². The van der Waals surface area contributed by atoms with Crippen molar-refractivity contribution in [1.29, 1.82) is 0 Å². The molecule has 114 valence electrons. The second kappa shape index (κ2) is 8.11. The molecule has 0 bridgehead atoms. The van der Waals surface area contributed by atoms with Gasteiger partial charge >= 0.3 is 0 Å². The van der Waals surface area contributed by atoms with Crippen LogP contribution in [0.15, 0.2) is 40.2 Å². The summed E-state index contributed by atoms with van der Waals surface area (Å²) >= 11 is 5.41. The first-order chi connectivity index (χ1) is 10.0. The summed E-state index contributed by atoms with van der Waals surface area (Å²) in [5.74, 6) is 1.23. The third kappa shape index (κ3) is 5.57. The molecule has 1 N–H and O–H groups in total. The minimum Gasteiger partial charge on any atom is -0.316 e. The Labute approximate surface area is 140 Å². The van der Waals surface area contributed by atoms with Gasteiger partial charge in [-0.25, -0.2) is 0 Å². The van der Waals surface area contributed by atoms with Crippen molar-refractivity contribution >= 4 is 27.3 Å². The Hall–Kier alpha value is -0.640.